The van der Waals surface area contributed by atoms with E-state index in [1.807, 2.05) is 0 Å². The van der Waals surface area contributed by atoms with Crippen molar-refractivity contribution in [2.24, 2.45) is 0 Å². The predicted molar refractivity (Wildman–Crippen MR) is 353 cm³/mol. The van der Waals surface area contributed by atoms with Gasteiger partial charge in [-0.25, -0.2) is 4.70 Å². The van der Waals surface area contributed by atoms with Crippen molar-refractivity contribution in [3.63, 3.8) is 0 Å². The van der Waals surface area contributed by atoms with Crippen molar-refractivity contribution in [1.29, 1.82) is 0 Å². The minimum atomic E-state index is 0. The molecule has 0 aliphatic carbocycles. The van der Waals surface area contributed by atoms with Gasteiger partial charge < -0.3 is 19.4 Å². The van der Waals surface area contributed by atoms with Crippen LogP contribution in [0.15, 0.2) is 71.8 Å². The van der Waals surface area contributed by atoms with Crippen molar-refractivity contribution in [1.82, 2.24) is 0 Å². The Kier molecular flexibility index (Phi) is 57.3. The van der Waals surface area contributed by atoms with Gasteiger partial charge in [0.05, 0.1) is 5.57 Å². The molecule has 0 bridgehead atoms. The Hall–Kier alpha value is -2.25. The van der Waals surface area contributed by atoms with Crippen molar-refractivity contribution >= 4 is 11.4 Å². The third kappa shape index (κ3) is 41.4. The van der Waals surface area contributed by atoms with Gasteiger partial charge in [-0.1, -0.05) is 341 Å². The molecule has 456 valence electrons. The van der Waals surface area contributed by atoms with E-state index in [1.165, 1.54) is 303 Å². The average molecular weight is 1130 g/mol. The molecule has 0 unspecified atom stereocenters. The molecule has 79 heavy (non-hydrogen) atoms. The molecule has 1 heterocycles. The Morgan fingerprint density at radius 2 is 0.633 bits per heavy atom. The quantitative estimate of drug-likeness (QED) is 0.0273. The fourth-order valence-electron chi connectivity index (χ4n) is 11.2. The minimum Gasteiger partial charge on any atom is -0.493 e. The molecule has 0 fully saturated rings. The van der Waals surface area contributed by atoms with E-state index in [0.717, 1.165) is 67.5 Å². The van der Waals surface area contributed by atoms with E-state index in [2.05, 4.69) is 116 Å². The van der Waals surface area contributed by atoms with Crippen molar-refractivity contribution in [3.05, 3.63) is 113 Å². The largest absolute Gasteiger partial charge is 2.00 e. The average Bonchev–Trinajstić information content (AvgIpc) is 3.79. The summed E-state index contributed by atoms with van der Waals surface area (Å²) < 4.78 is 1.53. The molecule has 0 atom stereocenters. The Labute approximate surface area is 505 Å². The SMILES string of the molecule is CCCCCCCCCCCCCCCCCCCCCCCCCCCC=CC1=C(c2ccc(CC)cc2)[N+](=[N-])C(c2ccc(CCCCC)cc2)=C1CCCCCC.[CH2-]CCCCCCCC.[CH2-]CCCCCCCC.[Ni+2]. The number of aryl methyl sites for hydroxylation is 2. The summed E-state index contributed by atoms with van der Waals surface area (Å²) in [6.45, 7) is 21.2. The van der Waals surface area contributed by atoms with Gasteiger partial charge in [-0.3, -0.25) is 0 Å². The predicted octanol–water partition coefficient (Wildman–Crippen LogP) is 27.0. The third-order valence-corrected chi connectivity index (χ3v) is 16.5. The van der Waals surface area contributed by atoms with Gasteiger partial charge in [-0.05, 0) is 80.3 Å². The fraction of sp³-hybridized carbons (Fsp3) is 0.737. The molecule has 0 amide bonds. The fourth-order valence-corrected chi connectivity index (χ4v) is 11.2. The second-order valence-electron chi connectivity index (χ2n) is 23.8. The summed E-state index contributed by atoms with van der Waals surface area (Å²) in [6.07, 6.45) is 72.3. The maximum absolute atomic E-state index is 12.1. The van der Waals surface area contributed by atoms with E-state index < -0.39 is 0 Å². The summed E-state index contributed by atoms with van der Waals surface area (Å²) in [5.41, 5.74) is 21.4. The van der Waals surface area contributed by atoms with Crippen LogP contribution in [0.1, 0.15) is 372 Å². The van der Waals surface area contributed by atoms with Crippen LogP contribution in [0.2, 0.25) is 0 Å². The van der Waals surface area contributed by atoms with Crippen LogP contribution >= 0.6 is 0 Å². The van der Waals surface area contributed by atoms with Crippen molar-refractivity contribution in [2.75, 3.05) is 0 Å². The van der Waals surface area contributed by atoms with E-state index in [4.69, 9.17) is 0 Å². The summed E-state index contributed by atoms with van der Waals surface area (Å²) in [5, 5.41) is 0. The standard InChI is InChI=1S/C58H94N2.2C9H19.Ni/c1-5-9-12-14-15-16-17-18-19-20-21-22-23-24-25-26-27-28-29-30-31-32-33-34-35-36-39-42-56-55(41-38-13-10-6-2)58(54-49-45-52(46-50-54)40-37-11-7-3)60(59)57(56)53-47-43-51(8-4)44-48-53;2*1-3-5-7-9-8-6-4-2;/h39,42-50H,5-38,40-41H2,1-4H3;2*1,3-9H2,2H3;/q;2*-1;+2. The summed E-state index contributed by atoms with van der Waals surface area (Å²) in [5.74, 6) is 0. The van der Waals surface area contributed by atoms with Gasteiger partial charge in [0, 0.05) is 16.7 Å². The first kappa shape index (κ1) is 76.8. The number of rotatable bonds is 51. The van der Waals surface area contributed by atoms with Gasteiger partial charge in [0.2, 0.25) is 11.4 Å². The molecule has 0 radical (unpaired) electrons. The van der Waals surface area contributed by atoms with Gasteiger partial charge in [0.1, 0.15) is 0 Å². The van der Waals surface area contributed by atoms with Gasteiger partial charge in [0.15, 0.2) is 0 Å². The zero-order valence-corrected chi connectivity index (χ0v) is 54.7. The zero-order chi connectivity index (χ0) is 56.6. The van der Waals surface area contributed by atoms with Crippen molar-refractivity contribution in [3.8, 4) is 0 Å². The Bertz CT molecular complexity index is 1670. The molecule has 3 rings (SSSR count). The molecule has 1 aliphatic rings. The summed E-state index contributed by atoms with van der Waals surface area (Å²) in [6, 6.07) is 17.9. The Balaban J connectivity index is 0.00000272. The number of allylic oxidation sites excluding steroid dienone is 4. The molecule has 2 nitrogen and oxygen atoms in total. The van der Waals surface area contributed by atoms with Crippen LogP contribution in [0.5, 0.6) is 0 Å². The normalized spacial score (nSPS) is 12.3. The second kappa shape index (κ2) is 58.9. The smallest absolute Gasteiger partial charge is 0.493 e. The van der Waals surface area contributed by atoms with Gasteiger partial charge in [-0.15, -0.1) is 0 Å². The summed E-state index contributed by atoms with van der Waals surface area (Å²) in [7, 11) is 0. The van der Waals surface area contributed by atoms with Crippen LogP contribution in [-0.4, -0.2) is 4.70 Å². The first-order valence-electron chi connectivity index (χ1n) is 34.9. The van der Waals surface area contributed by atoms with E-state index in [9.17, 15) is 5.53 Å². The summed E-state index contributed by atoms with van der Waals surface area (Å²) in [4.78, 5) is 0. The van der Waals surface area contributed by atoms with Crippen molar-refractivity contribution < 1.29 is 21.2 Å². The topological polar surface area (TPSA) is 25.3 Å². The Morgan fingerprint density at radius 3 is 0.987 bits per heavy atom. The molecular formula is C76H132N2Ni. The van der Waals surface area contributed by atoms with E-state index in [-0.39, 0.29) is 16.5 Å². The molecule has 0 saturated carbocycles. The molecule has 0 N–H and O–H groups in total. The molecule has 0 aromatic heterocycles. The van der Waals surface area contributed by atoms with Crippen LogP contribution in [0.4, 0.5) is 0 Å². The molecule has 2 aromatic rings. The first-order chi connectivity index (χ1) is 38.5. The van der Waals surface area contributed by atoms with E-state index in [0.29, 0.717) is 0 Å². The molecule has 2 aromatic carbocycles. The van der Waals surface area contributed by atoms with Crippen LogP contribution in [0, 0.1) is 13.8 Å². The monoisotopic (exact) mass is 1130 g/mol. The van der Waals surface area contributed by atoms with Gasteiger partial charge in [-0.2, -0.15) is 12.8 Å². The van der Waals surface area contributed by atoms with Gasteiger partial charge >= 0.3 is 16.5 Å². The molecular weight excluding hydrogens is 1000 g/mol. The number of nitrogens with zero attached hydrogens (tertiary/aromatic N) is 2. The zero-order valence-electron chi connectivity index (χ0n) is 53.8. The van der Waals surface area contributed by atoms with Gasteiger partial charge in [0.25, 0.3) is 0 Å². The second-order valence-corrected chi connectivity index (χ2v) is 23.8. The van der Waals surface area contributed by atoms with Crippen LogP contribution < -0.4 is 0 Å². The maximum atomic E-state index is 12.1. The molecule has 0 saturated heterocycles. The first-order valence-corrected chi connectivity index (χ1v) is 34.9. The van der Waals surface area contributed by atoms with Crippen LogP contribution in [0.25, 0.3) is 16.9 Å². The number of hydrogen-bond donors (Lipinski definition) is 0. The summed E-state index contributed by atoms with van der Waals surface area (Å²) >= 11 is 0. The number of unbranched alkanes of at least 4 members (excludes halogenated alkanes) is 42. The maximum Gasteiger partial charge on any atom is 2.00 e. The molecule has 3 heteroatoms. The number of benzene rings is 2. The van der Waals surface area contributed by atoms with Crippen LogP contribution in [0.3, 0.4) is 0 Å². The Morgan fingerprint density at radius 1 is 0.342 bits per heavy atom. The molecule has 1 aliphatic heterocycles. The minimum absolute atomic E-state index is 0. The van der Waals surface area contributed by atoms with E-state index in [1.54, 1.807) is 0 Å². The number of hydrogen-bond acceptors (Lipinski definition) is 0. The third-order valence-electron chi connectivity index (χ3n) is 16.5. The van der Waals surface area contributed by atoms with Crippen molar-refractivity contribution in [2.45, 2.75) is 363 Å². The molecule has 0 spiro atoms. The van der Waals surface area contributed by atoms with E-state index >= 15 is 0 Å². The van der Waals surface area contributed by atoms with Crippen LogP contribution in [-0.2, 0) is 29.3 Å².